The molecular formula is C10H18N2O2. The molecule has 0 aromatic carbocycles. The summed E-state index contributed by atoms with van der Waals surface area (Å²) in [6.45, 7) is 5.42. The van der Waals surface area contributed by atoms with Crippen molar-refractivity contribution in [2.45, 2.75) is 25.5 Å². The Kier molecular flexibility index (Phi) is 3.29. The van der Waals surface area contributed by atoms with Gasteiger partial charge in [-0.1, -0.05) is 6.08 Å². The highest BCUT2D eigenvalue weighted by molar-refractivity contribution is 5.87. The van der Waals surface area contributed by atoms with Crippen LogP contribution < -0.4 is 5.32 Å². The van der Waals surface area contributed by atoms with Crippen LogP contribution in [0.1, 0.15) is 13.8 Å². The van der Waals surface area contributed by atoms with Crippen molar-refractivity contribution in [3.63, 3.8) is 0 Å². The summed E-state index contributed by atoms with van der Waals surface area (Å²) in [6.07, 6.45) is 3.19. The van der Waals surface area contributed by atoms with Crippen molar-refractivity contribution in [1.82, 2.24) is 10.2 Å². The smallest absolute Gasteiger partial charge is 0.243 e. The number of β-amino-alcohol motifs (C(OH)–C–C–N with tert-alkyl or cyclic N) is 1. The number of nitrogens with one attached hydrogen (secondary N) is 1. The van der Waals surface area contributed by atoms with E-state index in [0.29, 0.717) is 13.1 Å². The fourth-order valence-electron chi connectivity index (χ4n) is 1.39. The lowest BCUT2D eigenvalue weighted by atomic mass is 9.96. The van der Waals surface area contributed by atoms with E-state index >= 15 is 0 Å². The molecule has 1 aliphatic heterocycles. The van der Waals surface area contributed by atoms with Crippen LogP contribution >= 0.6 is 0 Å². The molecule has 1 aliphatic rings. The number of carbonyl (C=O) groups excluding carboxylic acids is 1. The number of amides is 1. The second-order valence-corrected chi connectivity index (χ2v) is 4.16. The predicted molar refractivity (Wildman–Crippen MR) is 54.9 cm³/mol. The Labute approximate surface area is 84.6 Å². The van der Waals surface area contributed by atoms with Gasteiger partial charge in [0.25, 0.3) is 0 Å². The van der Waals surface area contributed by atoms with Crippen molar-refractivity contribution in [3.8, 4) is 0 Å². The molecule has 0 unspecified atom stereocenters. The van der Waals surface area contributed by atoms with Crippen LogP contribution in [-0.4, -0.2) is 47.7 Å². The maximum Gasteiger partial charge on any atom is 0.243 e. The summed E-state index contributed by atoms with van der Waals surface area (Å²) in [5.74, 6) is -0.0980. The van der Waals surface area contributed by atoms with Gasteiger partial charge in [0, 0.05) is 31.8 Å². The van der Waals surface area contributed by atoms with Crippen LogP contribution in [0.15, 0.2) is 12.2 Å². The van der Waals surface area contributed by atoms with Crippen molar-refractivity contribution in [1.29, 1.82) is 0 Å². The average molecular weight is 198 g/mol. The molecule has 80 valence electrons. The maximum absolute atomic E-state index is 11.0. The number of aliphatic hydroxyl groups is 1. The van der Waals surface area contributed by atoms with Gasteiger partial charge in [0.15, 0.2) is 0 Å². The summed E-state index contributed by atoms with van der Waals surface area (Å²) < 4.78 is 0. The first-order chi connectivity index (χ1) is 6.45. The van der Waals surface area contributed by atoms with Gasteiger partial charge in [-0.05, 0) is 13.8 Å². The lowest BCUT2D eigenvalue weighted by Gasteiger charge is -2.45. The van der Waals surface area contributed by atoms with Gasteiger partial charge in [0.05, 0.1) is 6.10 Å². The first kappa shape index (κ1) is 11.2. The molecule has 1 fully saturated rings. The molecule has 4 nitrogen and oxygen atoms in total. The molecule has 0 aliphatic carbocycles. The van der Waals surface area contributed by atoms with E-state index in [0.717, 1.165) is 0 Å². The largest absolute Gasteiger partial charge is 0.390 e. The van der Waals surface area contributed by atoms with Gasteiger partial charge in [0.2, 0.25) is 5.91 Å². The Bertz CT molecular complexity index is 243. The van der Waals surface area contributed by atoms with E-state index in [4.69, 9.17) is 5.11 Å². The molecule has 1 heterocycles. The third-order valence-electron chi connectivity index (χ3n) is 2.57. The number of aliphatic hydroxyl groups excluding tert-OH is 1. The summed E-state index contributed by atoms with van der Waals surface area (Å²) in [4.78, 5) is 13.1. The van der Waals surface area contributed by atoms with Crippen LogP contribution in [0.25, 0.3) is 0 Å². The third kappa shape index (κ3) is 2.56. The molecule has 4 heteroatoms. The summed E-state index contributed by atoms with van der Waals surface area (Å²) in [6, 6.07) is 0. The van der Waals surface area contributed by atoms with Crippen molar-refractivity contribution in [2.75, 3.05) is 20.1 Å². The first-order valence-corrected chi connectivity index (χ1v) is 4.80. The van der Waals surface area contributed by atoms with Crippen LogP contribution in [0.4, 0.5) is 0 Å². The standard InChI is InChI=1S/C10H18N2O2/c1-10(2,5-4-9(14)11-3)12-6-8(13)7-12/h4-5,8,13H,6-7H2,1-3H3,(H,11,14)/b5-4+. The summed E-state index contributed by atoms with van der Waals surface area (Å²) in [5, 5.41) is 11.7. The van der Waals surface area contributed by atoms with E-state index in [1.807, 2.05) is 19.9 Å². The molecule has 1 saturated heterocycles. The Morgan fingerprint density at radius 1 is 1.57 bits per heavy atom. The van der Waals surface area contributed by atoms with Crippen LogP contribution in [0, 0.1) is 0 Å². The van der Waals surface area contributed by atoms with Gasteiger partial charge in [0.1, 0.15) is 0 Å². The number of rotatable bonds is 3. The van der Waals surface area contributed by atoms with Crippen LogP contribution in [-0.2, 0) is 4.79 Å². The molecular weight excluding hydrogens is 180 g/mol. The first-order valence-electron chi connectivity index (χ1n) is 4.80. The van der Waals surface area contributed by atoms with E-state index in [-0.39, 0.29) is 17.6 Å². The van der Waals surface area contributed by atoms with Gasteiger partial charge >= 0.3 is 0 Å². The van der Waals surface area contributed by atoms with Gasteiger partial charge in [-0.25, -0.2) is 0 Å². The Morgan fingerprint density at radius 2 is 2.14 bits per heavy atom. The van der Waals surface area contributed by atoms with E-state index in [2.05, 4.69) is 10.2 Å². The van der Waals surface area contributed by atoms with E-state index in [1.165, 1.54) is 6.08 Å². The van der Waals surface area contributed by atoms with Crippen molar-refractivity contribution in [3.05, 3.63) is 12.2 Å². The molecule has 0 bridgehead atoms. The van der Waals surface area contributed by atoms with E-state index in [1.54, 1.807) is 7.05 Å². The second-order valence-electron chi connectivity index (χ2n) is 4.16. The van der Waals surface area contributed by atoms with Gasteiger partial charge < -0.3 is 10.4 Å². The van der Waals surface area contributed by atoms with Crippen LogP contribution in [0.3, 0.4) is 0 Å². The molecule has 1 rings (SSSR count). The molecule has 0 spiro atoms. The number of likely N-dealkylation sites (N-methyl/N-ethyl adjacent to an activating group) is 1. The van der Waals surface area contributed by atoms with Crippen LogP contribution in [0.5, 0.6) is 0 Å². The Balaban J connectivity index is 2.49. The fourth-order valence-corrected chi connectivity index (χ4v) is 1.39. The Hall–Kier alpha value is -0.870. The molecule has 14 heavy (non-hydrogen) atoms. The summed E-state index contributed by atoms with van der Waals surface area (Å²) in [5.41, 5.74) is -0.161. The maximum atomic E-state index is 11.0. The van der Waals surface area contributed by atoms with Crippen molar-refractivity contribution < 1.29 is 9.90 Å². The molecule has 0 radical (unpaired) electrons. The highest BCUT2D eigenvalue weighted by atomic mass is 16.3. The van der Waals surface area contributed by atoms with E-state index in [9.17, 15) is 4.79 Å². The zero-order valence-electron chi connectivity index (χ0n) is 8.95. The monoisotopic (exact) mass is 198 g/mol. The molecule has 0 aromatic rings. The lowest BCUT2D eigenvalue weighted by molar-refractivity contribution is -0.116. The average Bonchev–Trinajstić information content (AvgIpc) is 2.09. The number of likely N-dealkylation sites (tertiary alicyclic amines) is 1. The highest BCUT2D eigenvalue weighted by Crippen LogP contribution is 2.22. The van der Waals surface area contributed by atoms with Crippen molar-refractivity contribution >= 4 is 5.91 Å². The lowest BCUT2D eigenvalue weighted by Crippen LogP contribution is -2.59. The minimum atomic E-state index is -0.206. The molecule has 0 atom stereocenters. The number of hydrogen-bond acceptors (Lipinski definition) is 3. The number of carbonyl (C=O) groups is 1. The van der Waals surface area contributed by atoms with Gasteiger partial charge in [-0.2, -0.15) is 0 Å². The number of nitrogens with zero attached hydrogens (tertiary/aromatic N) is 1. The zero-order chi connectivity index (χ0) is 10.8. The third-order valence-corrected chi connectivity index (χ3v) is 2.57. The zero-order valence-corrected chi connectivity index (χ0v) is 8.95. The van der Waals surface area contributed by atoms with E-state index < -0.39 is 0 Å². The SMILES string of the molecule is CNC(=O)/C=C/C(C)(C)N1CC(O)C1. The molecule has 0 saturated carbocycles. The molecule has 0 aromatic heterocycles. The van der Waals surface area contributed by atoms with Crippen molar-refractivity contribution in [2.24, 2.45) is 0 Å². The Morgan fingerprint density at radius 3 is 2.57 bits per heavy atom. The van der Waals surface area contributed by atoms with Gasteiger partial charge in [-0.15, -0.1) is 0 Å². The van der Waals surface area contributed by atoms with Crippen LogP contribution in [0.2, 0.25) is 0 Å². The second kappa shape index (κ2) is 4.11. The predicted octanol–water partition coefficient (Wildman–Crippen LogP) is -0.256. The minimum Gasteiger partial charge on any atom is -0.390 e. The summed E-state index contributed by atoms with van der Waals surface area (Å²) >= 11 is 0. The molecule has 1 amide bonds. The minimum absolute atomic E-state index is 0.0980. The van der Waals surface area contributed by atoms with Gasteiger partial charge in [-0.3, -0.25) is 9.69 Å². The quantitative estimate of drug-likeness (QED) is 0.615. The number of hydrogen-bond donors (Lipinski definition) is 2. The fraction of sp³-hybridized carbons (Fsp3) is 0.700. The summed E-state index contributed by atoms with van der Waals surface area (Å²) in [7, 11) is 1.60. The normalized spacial score (nSPS) is 19.7. The highest BCUT2D eigenvalue weighted by Gasteiger charge is 2.34. The topological polar surface area (TPSA) is 52.6 Å². The molecule has 2 N–H and O–H groups in total.